The van der Waals surface area contributed by atoms with Crippen molar-refractivity contribution < 1.29 is 19.2 Å². The molecule has 3 N–H and O–H groups in total. The van der Waals surface area contributed by atoms with Crippen molar-refractivity contribution in [1.82, 2.24) is 0 Å². The number of thioether (sulfide) groups is 1. The molecule has 0 aromatic heterocycles. The van der Waals surface area contributed by atoms with Gasteiger partial charge in [0, 0.05) is 11.3 Å². The topological polar surface area (TPSA) is 98.6 Å². The molecule has 0 heterocycles. The highest BCUT2D eigenvalue weighted by Crippen LogP contribution is 2.43. The first-order valence-corrected chi connectivity index (χ1v) is 8.43. The first-order valence-electron chi connectivity index (χ1n) is 7.55. The SMILES string of the molecule is COc1ccc(S[C@H](C[C@H](N)CO)c2cccc(F)c2)c([N+](=O)[O-])c1. The highest BCUT2D eigenvalue weighted by atomic mass is 32.2. The number of nitro benzene ring substituents is 1. The number of methoxy groups -OCH3 is 1. The van der Waals surface area contributed by atoms with Crippen LogP contribution >= 0.6 is 11.8 Å². The Morgan fingerprint density at radius 2 is 2.12 bits per heavy atom. The van der Waals surface area contributed by atoms with Crippen molar-refractivity contribution >= 4 is 17.4 Å². The van der Waals surface area contributed by atoms with Gasteiger partial charge in [-0.25, -0.2) is 4.39 Å². The summed E-state index contributed by atoms with van der Waals surface area (Å²) >= 11 is 1.21. The Bertz CT molecular complexity index is 744. The van der Waals surface area contributed by atoms with E-state index < -0.39 is 16.8 Å². The predicted molar refractivity (Wildman–Crippen MR) is 94.3 cm³/mol. The number of benzene rings is 2. The van der Waals surface area contributed by atoms with E-state index in [-0.39, 0.29) is 17.5 Å². The second kappa shape index (κ2) is 8.80. The zero-order valence-corrected chi connectivity index (χ0v) is 14.4. The quantitative estimate of drug-likeness (QED) is 0.423. The lowest BCUT2D eigenvalue weighted by Gasteiger charge is -2.20. The predicted octanol–water partition coefficient (Wildman–Crippen LogP) is 3.29. The van der Waals surface area contributed by atoms with Gasteiger partial charge in [-0.1, -0.05) is 12.1 Å². The van der Waals surface area contributed by atoms with Crippen molar-refractivity contribution in [3.05, 3.63) is 64.0 Å². The fourth-order valence-corrected chi connectivity index (χ4v) is 3.66. The third-order valence-corrected chi connectivity index (χ3v) is 4.95. The minimum absolute atomic E-state index is 0.0941. The van der Waals surface area contributed by atoms with Crippen molar-refractivity contribution in [3.63, 3.8) is 0 Å². The third kappa shape index (κ3) is 5.15. The van der Waals surface area contributed by atoms with Crippen molar-refractivity contribution in [2.45, 2.75) is 22.6 Å². The molecular formula is C17H19FN2O4S. The number of aliphatic hydroxyl groups is 1. The summed E-state index contributed by atoms with van der Waals surface area (Å²) in [6.45, 7) is -0.225. The van der Waals surface area contributed by atoms with Gasteiger partial charge in [-0.05, 0) is 36.2 Å². The summed E-state index contributed by atoms with van der Waals surface area (Å²) in [5.41, 5.74) is 6.39. The average molecular weight is 366 g/mol. The van der Waals surface area contributed by atoms with Crippen LogP contribution in [0, 0.1) is 15.9 Å². The smallest absolute Gasteiger partial charge is 0.286 e. The number of nitrogens with two attached hydrogens (primary N) is 1. The van der Waals surface area contributed by atoms with Crippen molar-refractivity contribution in [3.8, 4) is 5.75 Å². The fourth-order valence-electron chi connectivity index (χ4n) is 2.33. The molecule has 0 aliphatic carbocycles. The number of aliphatic hydroxyl groups excluding tert-OH is 1. The maximum Gasteiger partial charge on any atom is 0.286 e. The second-order valence-electron chi connectivity index (χ2n) is 5.43. The van der Waals surface area contributed by atoms with Gasteiger partial charge in [0.05, 0.1) is 29.6 Å². The van der Waals surface area contributed by atoms with E-state index in [1.807, 2.05) is 0 Å². The van der Waals surface area contributed by atoms with Crippen LogP contribution in [0.2, 0.25) is 0 Å². The highest BCUT2D eigenvalue weighted by Gasteiger charge is 2.23. The van der Waals surface area contributed by atoms with Gasteiger partial charge in [-0.15, -0.1) is 11.8 Å². The van der Waals surface area contributed by atoms with Crippen LogP contribution in [-0.2, 0) is 0 Å². The number of hydrogen-bond donors (Lipinski definition) is 2. The van der Waals surface area contributed by atoms with Crippen LogP contribution in [0.3, 0.4) is 0 Å². The molecule has 25 heavy (non-hydrogen) atoms. The molecule has 2 rings (SSSR count). The first kappa shape index (κ1) is 19.2. The van der Waals surface area contributed by atoms with Crippen molar-refractivity contribution in [2.24, 2.45) is 5.73 Å². The van der Waals surface area contributed by atoms with Gasteiger partial charge in [0.25, 0.3) is 5.69 Å². The lowest BCUT2D eigenvalue weighted by molar-refractivity contribution is -0.387. The number of ether oxygens (including phenoxy) is 1. The number of nitrogens with zero attached hydrogens (tertiary/aromatic N) is 1. The summed E-state index contributed by atoms with van der Waals surface area (Å²) in [5.74, 6) is -0.0182. The van der Waals surface area contributed by atoms with Crippen LogP contribution in [0.4, 0.5) is 10.1 Å². The summed E-state index contributed by atoms with van der Waals surface area (Å²) in [4.78, 5) is 11.3. The maximum atomic E-state index is 13.6. The molecule has 0 radical (unpaired) electrons. The molecule has 0 aliphatic heterocycles. The standard InChI is InChI=1S/C17H19FN2O4S/c1-24-14-5-6-16(15(9-14)20(22)23)25-17(8-13(19)10-21)11-3-2-4-12(18)7-11/h2-7,9,13,17,21H,8,10,19H2,1H3/t13-,17+/m0/s1. The summed E-state index contributed by atoms with van der Waals surface area (Å²) in [6, 6.07) is 10.1. The van der Waals surface area contributed by atoms with Gasteiger partial charge in [0.1, 0.15) is 11.6 Å². The summed E-state index contributed by atoms with van der Waals surface area (Å²) < 4.78 is 18.6. The largest absolute Gasteiger partial charge is 0.497 e. The Morgan fingerprint density at radius 3 is 2.72 bits per heavy atom. The van der Waals surface area contributed by atoms with E-state index in [1.165, 1.54) is 37.1 Å². The second-order valence-corrected chi connectivity index (χ2v) is 6.68. The van der Waals surface area contributed by atoms with E-state index in [0.29, 0.717) is 22.6 Å². The Kier molecular flexibility index (Phi) is 6.74. The molecule has 0 aliphatic rings. The van der Waals surface area contributed by atoms with E-state index in [9.17, 15) is 19.6 Å². The van der Waals surface area contributed by atoms with Crippen LogP contribution in [0.5, 0.6) is 5.75 Å². The molecule has 2 aromatic carbocycles. The van der Waals surface area contributed by atoms with Crippen LogP contribution < -0.4 is 10.5 Å². The Morgan fingerprint density at radius 1 is 1.36 bits per heavy atom. The summed E-state index contributed by atoms with van der Waals surface area (Å²) in [7, 11) is 1.43. The molecular weight excluding hydrogens is 347 g/mol. The monoisotopic (exact) mass is 366 g/mol. The van der Waals surface area contributed by atoms with Crippen LogP contribution in [-0.4, -0.2) is 29.8 Å². The van der Waals surface area contributed by atoms with Crippen LogP contribution in [0.1, 0.15) is 17.2 Å². The number of hydrogen-bond acceptors (Lipinski definition) is 6. The van der Waals surface area contributed by atoms with Crippen molar-refractivity contribution in [1.29, 1.82) is 0 Å². The molecule has 2 aromatic rings. The van der Waals surface area contributed by atoms with Gasteiger partial charge in [0.2, 0.25) is 0 Å². The molecule has 0 saturated carbocycles. The zero-order valence-electron chi connectivity index (χ0n) is 13.6. The van der Waals surface area contributed by atoms with Gasteiger partial charge in [-0.3, -0.25) is 10.1 Å². The van der Waals surface area contributed by atoms with Gasteiger partial charge in [0.15, 0.2) is 0 Å². The Labute approximate surface area is 149 Å². The highest BCUT2D eigenvalue weighted by molar-refractivity contribution is 7.99. The maximum absolute atomic E-state index is 13.6. The number of halogens is 1. The molecule has 6 nitrogen and oxygen atoms in total. The van der Waals surface area contributed by atoms with Gasteiger partial charge < -0.3 is 15.6 Å². The van der Waals surface area contributed by atoms with E-state index >= 15 is 0 Å². The molecule has 8 heteroatoms. The van der Waals surface area contributed by atoms with E-state index in [4.69, 9.17) is 10.5 Å². The molecule has 0 amide bonds. The average Bonchev–Trinajstić information content (AvgIpc) is 2.61. The summed E-state index contributed by atoms with van der Waals surface area (Å²) in [5, 5.41) is 20.2. The minimum atomic E-state index is -0.516. The lowest BCUT2D eigenvalue weighted by Crippen LogP contribution is -2.26. The van der Waals surface area contributed by atoms with Crippen LogP contribution in [0.15, 0.2) is 47.4 Å². The van der Waals surface area contributed by atoms with Crippen molar-refractivity contribution in [2.75, 3.05) is 13.7 Å². The molecule has 0 spiro atoms. The molecule has 0 saturated heterocycles. The molecule has 0 bridgehead atoms. The van der Waals surface area contributed by atoms with Gasteiger partial charge in [-0.2, -0.15) is 0 Å². The molecule has 2 atom stereocenters. The molecule has 134 valence electrons. The van der Waals surface area contributed by atoms with E-state index in [1.54, 1.807) is 24.3 Å². The van der Waals surface area contributed by atoms with Crippen LogP contribution in [0.25, 0.3) is 0 Å². The Hall–Kier alpha value is -2.16. The third-order valence-electron chi connectivity index (χ3n) is 3.60. The fraction of sp³-hybridized carbons (Fsp3) is 0.294. The van der Waals surface area contributed by atoms with Gasteiger partial charge >= 0.3 is 0 Å². The number of rotatable bonds is 8. The normalized spacial score (nSPS) is 13.3. The first-order chi connectivity index (χ1) is 11.9. The Balaban J connectivity index is 2.38. The van der Waals surface area contributed by atoms with E-state index in [0.717, 1.165) is 0 Å². The number of nitro groups is 1. The molecule has 0 unspecified atom stereocenters. The zero-order chi connectivity index (χ0) is 18.4. The lowest BCUT2D eigenvalue weighted by atomic mass is 10.1. The summed E-state index contributed by atoms with van der Waals surface area (Å²) in [6.07, 6.45) is 0.341. The van der Waals surface area contributed by atoms with E-state index in [2.05, 4.69) is 0 Å². The molecule has 0 fully saturated rings. The minimum Gasteiger partial charge on any atom is -0.497 e.